The van der Waals surface area contributed by atoms with Gasteiger partial charge in [-0.2, -0.15) is 13.2 Å². The van der Waals surface area contributed by atoms with Gasteiger partial charge in [0.2, 0.25) is 5.91 Å². The van der Waals surface area contributed by atoms with E-state index in [9.17, 15) is 18.0 Å². The first-order valence-corrected chi connectivity index (χ1v) is 7.70. The number of rotatable bonds is 6. The molecule has 1 fully saturated rings. The third-order valence-electron chi connectivity index (χ3n) is 3.95. The van der Waals surface area contributed by atoms with Gasteiger partial charge in [-0.15, -0.1) is 0 Å². The van der Waals surface area contributed by atoms with Gasteiger partial charge in [-0.3, -0.25) is 4.79 Å². The Hall–Kier alpha value is -1.80. The monoisotopic (exact) mass is 346 g/mol. The van der Waals surface area contributed by atoms with Crippen molar-refractivity contribution in [1.29, 1.82) is 0 Å². The molecule has 1 aliphatic rings. The van der Waals surface area contributed by atoms with Crippen molar-refractivity contribution in [3.63, 3.8) is 0 Å². The van der Waals surface area contributed by atoms with Crippen LogP contribution >= 0.6 is 0 Å². The van der Waals surface area contributed by atoms with Gasteiger partial charge in [0.15, 0.2) is 0 Å². The summed E-state index contributed by atoms with van der Waals surface area (Å²) in [4.78, 5) is 12.3. The normalized spacial score (nSPS) is 20.9. The van der Waals surface area contributed by atoms with Gasteiger partial charge in [0.05, 0.1) is 17.9 Å². The maximum atomic E-state index is 12.9. The summed E-state index contributed by atoms with van der Waals surface area (Å²) in [7, 11) is 1.49. The average Bonchev–Trinajstić information content (AvgIpc) is 2.94. The first-order valence-electron chi connectivity index (χ1n) is 7.70. The SMILES string of the molecule is COCCOc1ccc(C(F)(F)F)cc1NC(=O)C1CCC(N)C1. The molecule has 1 aromatic rings. The second kappa shape index (κ2) is 7.85. The van der Waals surface area contributed by atoms with Crippen LogP contribution in [-0.4, -0.2) is 32.3 Å². The highest BCUT2D eigenvalue weighted by Gasteiger charge is 2.32. The summed E-state index contributed by atoms with van der Waals surface area (Å²) in [6.45, 7) is 0.449. The topological polar surface area (TPSA) is 73.6 Å². The van der Waals surface area contributed by atoms with Crippen LogP contribution in [0.5, 0.6) is 5.75 Å². The number of amides is 1. The lowest BCUT2D eigenvalue weighted by Gasteiger charge is -2.17. The predicted molar refractivity (Wildman–Crippen MR) is 82.8 cm³/mol. The number of halogens is 3. The molecule has 0 aliphatic heterocycles. The number of ether oxygens (including phenoxy) is 2. The lowest BCUT2D eigenvalue weighted by atomic mass is 10.1. The Morgan fingerprint density at radius 2 is 2.08 bits per heavy atom. The smallest absolute Gasteiger partial charge is 0.416 e. The number of benzene rings is 1. The highest BCUT2D eigenvalue weighted by atomic mass is 19.4. The number of methoxy groups -OCH3 is 1. The summed E-state index contributed by atoms with van der Waals surface area (Å²) >= 11 is 0. The summed E-state index contributed by atoms with van der Waals surface area (Å²) < 4.78 is 49.0. The van der Waals surface area contributed by atoms with E-state index in [1.807, 2.05) is 0 Å². The van der Waals surface area contributed by atoms with E-state index in [1.165, 1.54) is 13.2 Å². The Morgan fingerprint density at radius 3 is 2.67 bits per heavy atom. The quantitative estimate of drug-likeness (QED) is 0.777. The molecule has 2 unspecified atom stereocenters. The Morgan fingerprint density at radius 1 is 1.33 bits per heavy atom. The Labute approximate surface area is 138 Å². The molecule has 1 amide bonds. The zero-order valence-electron chi connectivity index (χ0n) is 13.4. The van der Waals surface area contributed by atoms with Crippen LogP contribution in [0.25, 0.3) is 0 Å². The largest absolute Gasteiger partial charge is 0.489 e. The van der Waals surface area contributed by atoms with E-state index >= 15 is 0 Å². The van der Waals surface area contributed by atoms with Gasteiger partial charge in [-0.05, 0) is 37.5 Å². The third kappa shape index (κ3) is 4.85. The number of nitrogens with one attached hydrogen (secondary N) is 1. The van der Waals surface area contributed by atoms with Crippen molar-refractivity contribution in [1.82, 2.24) is 0 Å². The molecule has 24 heavy (non-hydrogen) atoms. The van der Waals surface area contributed by atoms with E-state index in [4.69, 9.17) is 15.2 Å². The summed E-state index contributed by atoms with van der Waals surface area (Å²) in [5.74, 6) is -0.448. The maximum Gasteiger partial charge on any atom is 0.416 e. The van der Waals surface area contributed by atoms with Gasteiger partial charge in [0.25, 0.3) is 0 Å². The number of hydrogen-bond donors (Lipinski definition) is 2. The zero-order valence-corrected chi connectivity index (χ0v) is 13.4. The highest BCUT2D eigenvalue weighted by Crippen LogP contribution is 2.36. The third-order valence-corrected chi connectivity index (χ3v) is 3.95. The summed E-state index contributed by atoms with van der Waals surface area (Å²) in [6.07, 6.45) is -2.60. The van der Waals surface area contributed by atoms with Crippen LogP contribution in [0.3, 0.4) is 0 Å². The maximum absolute atomic E-state index is 12.9. The van der Waals surface area contributed by atoms with Crippen LogP contribution in [0.2, 0.25) is 0 Å². The molecule has 0 radical (unpaired) electrons. The first-order chi connectivity index (χ1) is 11.3. The van der Waals surface area contributed by atoms with E-state index in [-0.39, 0.29) is 42.5 Å². The van der Waals surface area contributed by atoms with Crippen LogP contribution in [0.15, 0.2) is 18.2 Å². The van der Waals surface area contributed by atoms with Crippen LogP contribution < -0.4 is 15.8 Å². The molecule has 5 nitrogen and oxygen atoms in total. The fourth-order valence-corrected chi connectivity index (χ4v) is 2.65. The molecule has 1 saturated carbocycles. The van der Waals surface area contributed by atoms with E-state index in [1.54, 1.807) is 0 Å². The van der Waals surface area contributed by atoms with Gasteiger partial charge in [-0.25, -0.2) is 0 Å². The lowest BCUT2D eigenvalue weighted by Crippen LogP contribution is -2.24. The second-order valence-corrected chi connectivity index (χ2v) is 5.81. The molecule has 134 valence electrons. The summed E-state index contributed by atoms with van der Waals surface area (Å²) in [6, 6.07) is 2.96. The van der Waals surface area contributed by atoms with Crippen molar-refractivity contribution >= 4 is 11.6 Å². The molecule has 1 aromatic carbocycles. The van der Waals surface area contributed by atoms with Crippen LogP contribution in [0.4, 0.5) is 18.9 Å². The fourth-order valence-electron chi connectivity index (χ4n) is 2.65. The number of nitrogens with two attached hydrogens (primary N) is 1. The molecule has 0 spiro atoms. The second-order valence-electron chi connectivity index (χ2n) is 5.81. The number of carbonyl (C=O) groups is 1. The van der Waals surface area contributed by atoms with Gasteiger partial charge in [-0.1, -0.05) is 0 Å². The van der Waals surface area contributed by atoms with Crippen LogP contribution in [0.1, 0.15) is 24.8 Å². The Balaban J connectivity index is 2.17. The predicted octanol–water partition coefficient (Wildman–Crippen LogP) is 2.80. The van der Waals surface area contributed by atoms with Crippen molar-refractivity contribution in [2.24, 2.45) is 11.7 Å². The molecule has 2 atom stereocenters. The molecule has 0 heterocycles. The van der Waals surface area contributed by atoms with Crippen LogP contribution in [-0.2, 0) is 15.7 Å². The number of hydrogen-bond acceptors (Lipinski definition) is 4. The fraction of sp³-hybridized carbons (Fsp3) is 0.562. The average molecular weight is 346 g/mol. The Bertz CT molecular complexity index is 578. The van der Waals surface area contributed by atoms with Crippen molar-refractivity contribution in [3.8, 4) is 5.75 Å². The van der Waals surface area contributed by atoms with Gasteiger partial charge in [0.1, 0.15) is 12.4 Å². The molecule has 3 N–H and O–H groups in total. The molecule has 8 heteroatoms. The molecular formula is C16H21F3N2O3. The molecule has 1 aliphatic carbocycles. The van der Waals surface area contributed by atoms with Gasteiger partial charge in [0, 0.05) is 19.1 Å². The number of carbonyl (C=O) groups excluding carboxylic acids is 1. The number of anilines is 1. The minimum Gasteiger partial charge on any atom is -0.489 e. The first kappa shape index (κ1) is 18.5. The van der Waals surface area contributed by atoms with Crippen molar-refractivity contribution in [2.45, 2.75) is 31.5 Å². The minimum atomic E-state index is -4.50. The summed E-state index contributed by atoms with van der Waals surface area (Å²) in [5.41, 5.74) is 4.94. The van der Waals surface area contributed by atoms with Crippen LogP contribution in [0, 0.1) is 5.92 Å². The van der Waals surface area contributed by atoms with Crippen molar-refractivity contribution in [2.75, 3.05) is 25.6 Å². The lowest BCUT2D eigenvalue weighted by molar-refractivity contribution is -0.137. The zero-order chi connectivity index (χ0) is 17.7. The van der Waals surface area contributed by atoms with Gasteiger partial charge < -0.3 is 20.5 Å². The molecule has 0 saturated heterocycles. The molecule has 2 rings (SSSR count). The molecular weight excluding hydrogens is 325 g/mol. The van der Waals surface area contributed by atoms with Gasteiger partial charge >= 0.3 is 6.18 Å². The van der Waals surface area contributed by atoms with E-state index < -0.39 is 11.7 Å². The van der Waals surface area contributed by atoms with E-state index in [0.717, 1.165) is 18.6 Å². The minimum absolute atomic E-state index is 0.00593. The Kier molecular flexibility index (Phi) is 6.06. The molecule has 0 aromatic heterocycles. The highest BCUT2D eigenvalue weighted by molar-refractivity contribution is 5.94. The van der Waals surface area contributed by atoms with Crippen molar-refractivity contribution in [3.05, 3.63) is 23.8 Å². The van der Waals surface area contributed by atoms with E-state index in [2.05, 4.69) is 5.32 Å². The van der Waals surface area contributed by atoms with E-state index in [0.29, 0.717) is 12.8 Å². The van der Waals surface area contributed by atoms with Crippen molar-refractivity contribution < 1.29 is 27.4 Å². The standard InChI is InChI=1S/C16H21F3N2O3/c1-23-6-7-24-14-5-3-11(16(17,18)19)9-13(14)21-15(22)10-2-4-12(20)8-10/h3,5,9-10,12H,2,4,6-8,20H2,1H3,(H,21,22). The number of alkyl halides is 3. The summed E-state index contributed by atoms with van der Waals surface area (Å²) in [5, 5.41) is 2.55. The molecule has 0 bridgehead atoms.